The van der Waals surface area contributed by atoms with Gasteiger partial charge in [-0.25, -0.2) is 0 Å². The summed E-state index contributed by atoms with van der Waals surface area (Å²) in [4.78, 5) is 14.9. The highest BCUT2D eigenvalue weighted by Crippen LogP contribution is 2.12. The lowest BCUT2D eigenvalue weighted by Crippen LogP contribution is -2.37. The summed E-state index contributed by atoms with van der Waals surface area (Å²) in [6.07, 6.45) is 0.827. The number of halogens is 2. The van der Waals surface area contributed by atoms with E-state index in [0.717, 1.165) is 35.1 Å². The lowest BCUT2D eigenvalue weighted by Gasteiger charge is -2.12. The molecule has 0 saturated heterocycles. The van der Waals surface area contributed by atoms with E-state index in [0.29, 0.717) is 12.3 Å². The molecule has 1 amide bonds. The number of guanidine groups is 1. The molecular formula is C19H24ClIN4O2. The van der Waals surface area contributed by atoms with E-state index in [2.05, 4.69) is 15.6 Å². The van der Waals surface area contributed by atoms with E-state index < -0.39 is 5.91 Å². The molecule has 27 heavy (non-hydrogen) atoms. The largest absolute Gasteiger partial charge is 0.484 e. The Bertz CT molecular complexity index is 754. The number of nitrogens with two attached hydrogens (primary N) is 1. The predicted molar refractivity (Wildman–Crippen MR) is 120 cm³/mol. The number of amides is 1. The summed E-state index contributed by atoms with van der Waals surface area (Å²) in [5.41, 5.74) is 7.29. The van der Waals surface area contributed by atoms with Crippen molar-refractivity contribution >= 4 is 47.4 Å². The third kappa shape index (κ3) is 8.96. The number of rotatable bonds is 8. The minimum atomic E-state index is -0.491. The van der Waals surface area contributed by atoms with Gasteiger partial charge in [-0.05, 0) is 41.8 Å². The third-order valence-electron chi connectivity index (χ3n) is 3.58. The third-order valence-corrected chi connectivity index (χ3v) is 3.82. The summed E-state index contributed by atoms with van der Waals surface area (Å²) >= 11 is 5.99. The smallest absolute Gasteiger partial charge is 0.255 e. The first kappa shape index (κ1) is 23.0. The van der Waals surface area contributed by atoms with Gasteiger partial charge in [0.15, 0.2) is 12.6 Å². The Hall–Kier alpha value is -2.00. The van der Waals surface area contributed by atoms with Crippen LogP contribution in [0.15, 0.2) is 53.5 Å². The average Bonchev–Trinajstić information content (AvgIpc) is 2.64. The van der Waals surface area contributed by atoms with E-state index in [1.807, 2.05) is 48.5 Å². The van der Waals surface area contributed by atoms with Gasteiger partial charge in [-0.3, -0.25) is 9.79 Å². The lowest BCUT2D eigenvalue weighted by molar-refractivity contribution is -0.119. The fourth-order valence-corrected chi connectivity index (χ4v) is 2.50. The fourth-order valence-electron chi connectivity index (χ4n) is 2.29. The highest BCUT2D eigenvalue weighted by Gasteiger charge is 2.01. The van der Waals surface area contributed by atoms with Crippen molar-refractivity contribution in [2.45, 2.75) is 13.0 Å². The standard InChI is InChI=1S/C19H23ClN4O2.HI/c1-22-19(24-12-15-3-2-4-16(20)11-15)23-10-9-14-5-7-17(8-6-14)26-13-18(21)25;/h2-8,11H,9-10,12-13H2,1H3,(H2,21,25)(H2,22,23,24);1H. The van der Waals surface area contributed by atoms with Crippen molar-refractivity contribution < 1.29 is 9.53 Å². The maximum atomic E-state index is 10.7. The van der Waals surface area contributed by atoms with E-state index in [1.165, 1.54) is 0 Å². The van der Waals surface area contributed by atoms with Crippen LogP contribution in [0.5, 0.6) is 5.75 Å². The molecule has 0 radical (unpaired) electrons. The SMILES string of the molecule is CN=C(NCCc1ccc(OCC(N)=O)cc1)NCc1cccc(Cl)c1.I. The highest BCUT2D eigenvalue weighted by molar-refractivity contribution is 14.0. The summed E-state index contributed by atoms with van der Waals surface area (Å²) in [5.74, 6) is 0.862. The van der Waals surface area contributed by atoms with Gasteiger partial charge in [0.1, 0.15) is 5.75 Å². The molecule has 0 unspecified atom stereocenters. The zero-order valence-corrected chi connectivity index (χ0v) is 18.2. The summed E-state index contributed by atoms with van der Waals surface area (Å²) in [5, 5.41) is 7.24. The highest BCUT2D eigenvalue weighted by atomic mass is 127. The summed E-state index contributed by atoms with van der Waals surface area (Å²) in [6, 6.07) is 15.3. The van der Waals surface area contributed by atoms with Crippen LogP contribution in [0, 0.1) is 0 Å². The average molecular weight is 503 g/mol. The van der Waals surface area contributed by atoms with Crippen LogP contribution in [0.25, 0.3) is 0 Å². The molecule has 2 aromatic rings. The Balaban J connectivity index is 0.00000364. The van der Waals surface area contributed by atoms with Crippen molar-refractivity contribution in [1.82, 2.24) is 10.6 Å². The molecule has 0 aromatic heterocycles. The molecule has 0 aliphatic rings. The second-order valence-electron chi connectivity index (χ2n) is 5.63. The van der Waals surface area contributed by atoms with Crippen LogP contribution in [-0.2, 0) is 17.8 Å². The first-order valence-electron chi connectivity index (χ1n) is 8.26. The molecule has 0 aliphatic heterocycles. The summed E-state index contributed by atoms with van der Waals surface area (Å²) in [7, 11) is 1.73. The van der Waals surface area contributed by atoms with Crippen LogP contribution in [0.2, 0.25) is 5.02 Å². The van der Waals surface area contributed by atoms with Gasteiger partial charge in [0, 0.05) is 25.2 Å². The van der Waals surface area contributed by atoms with Crippen LogP contribution in [0.1, 0.15) is 11.1 Å². The monoisotopic (exact) mass is 502 g/mol. The minimum absolute atomic E-state index is 0. The number of nitrogens with zero attached hydrogens (tertiary/aromatic N) is 1. The molecule has 6 nitrogen and oxygen atoms in total. The number of ether oxygens (including phenoxy) is 1. The van der Waals surface area contributed by atoms with Crippen LogP contribution in [-0.4, -0.2) is 32.1 Å². The molecule has 0 fully saturated rings. The molecule has 0 aliphatic carbocycles. The molecule has 2 aromatic carbocycles. The molecule has 8 heteroatoms. The lowest BCUT2D eigenvalue weighted by atomic mass is 10.1. The van der Waals surface area contributed by atoms with Crippen molar-refractivity contribution in [2.24, 2.45) is 10.7 Å². The number of hydrogen-bond donors (Lipinski definition) is 3. The molecule has 0 heterocycles. The van der Waals surface area contributed by atoms with Crippen molar-refractivity contribution in [3.05, 3.63) is 64.7 Å². The molecule has 146 valence electrons. The Labute approximate surface area is 181 Å². The number of nitrogens with one attached hydrogen (secondary N) is 2. The molecule has 0 saturated carbocycles. The quantitative estimate of drug-likeness (QED) is 0.294. The van der Waals surface area contributed by atoms with Crippen LogP contribution in [0.3, 0.4) is 0 Å². The zero-order chi connectivity index (χ0) is 18.8. The van der Waals surface area contributed by atoms with Crippen molar-refractivity contribution in [3.63, 3.8) is 0 Å². The Morgan fingerprint density at radius 2 is 1.89 bits per heavy atom. The Kier molecular flexibility index (Phi) is 10.6. The van der Waals surface area contributed by atoms with Crippen molar-refractivity contribution in [2.75, 3.05) is 20.2 Å². The number of carbonyl (C=O) groups is 1. The van der Waals surface area contributed by atoms with Gasteiger partial charge >= 0.3 is 0 Å². The minimum Gasteiger partial charge on any atom is -0.484 e. The van der Waals surface area contributed by atoms with E-state index in [1.54, 1.807) is 7.05 Å². The second-order valence-corrected chi connectivity index (χ2v) is 6.07. The first-order chi connectivity index (χ1) is 12.6. The van der Waals surface area contributed by atoms with Gasteiger partial charge < -0.3 is 21.1 Å². The van der Waals surface area contributed by atoms with Gasteiger partial charge in [0.05, 0.1) is 0 Å². The predicted octanol–water partition coefficient (Wildman–Crippen LogP) is 2.73. The number of hydrogen-bond acceptors (Lipinski definition) is 3. The molecule has 2 rings (SSSR count). The normalized spacial score (nSPS) is 10.7. The molecule has 0 bridgehead atoms. The van der Waals surface area contributed by atoms with Crippen molar-refractivity contribution in [1.29, 1.82) is 0 Å². The summed E-state index contributed by atoms with van der Waals surface area (Å²) in [6.45, 7) is 1.26. The van der Waals surface area contributed by atoms with E-state index in [4.69, 9.17) is 22.1 Å². The van der Waals surface area contributed by atoms with Crippen LogP contribution >= 0.6 is 35.6 Å². The second kappa shape index (κ2) is 12.4. The Morgan fingerprint density at radius 1 is 1.15 bits per heavy atom. The van der Waals surface area contributed by atoms with Gasteiger partial charge in [-0.1, -0.05) is 35.9 Å². The van der Waals surface area contributed by atoms with E-state index in [-0.39, 0.29) is 30.6 Å². The number of aliphatic imine (C=N–C) groups is 1. The topological polar surface area (TPSA) is 88.7 Å². The van der Waals surface area contributed by atoms with Crippen LogP contribution < -0.4 is 21.1 Å². The maximum absolute atomic E-state index is 10.7. The fraction of sp³-hybridized carbons (Fsp3) is 0.263. The molecule has 0 spiro atoms. The van der Waals surface area contributed by atoms with Gasteiger partial charge in [-0.15, -0.1) is 24.0 Å². The Morgan fingerprint density at radius 3 is 2.52 bits per heavy atom. The van der Waals surface area contributed by atoms with Gasteiger partial charge in [0.25, 0.3) is 5.91 Å². The number of carbonyl (C=O) groups excluding carboxylic acids is 1. The van der Waals surface area contributed by atoms with Crippen molar-refractivity contribution in [3.8, 4) is 5.75 Å². The first-order valence-corrected chi connectivity index (χ1v) is 8.63. The maximum Gasteiger partial charge on any atom is 0.255 e. The van der Waals surface area contributed by atoms with E-state index >= 15 is 0 Å². The molecule has 4 N–H and O–H groups in total. The zero-order valence-electron chi connectivity index (χ0n) is 15.1. The van der Waals surface area contributed by atoms with E-state index in [9.17, 15) is 4.79 Å². The molecule has 0 atom stereocenters. The molecular weight excluding hydrogens is 479 g/mol. The van der Waals surface area contributed by atoms with Gasteiger partial charge in [-0.2, -0.15) is 0 Å². The van der Waals surface area contributed by atoms with Gasteiger partial charge in [0.2, 0.25) is 0 Å². The number of benzene rings is 2. The number of primary amides is 1. The summed E-state index contributed by atoms with van der Waals surface area (Å²) < 4.78 is 5.24. The van der Waals surface area contributed by atoms with Crippen LogP contribution in [0.4, 0.5) is 0 Å².